The molecule has 19 heavy (non-hydrogen) atoms. The Labute approximate surface area is 115 Å². The van der Waals surface area contributed by atoms with Crippen molar-refractivity contribution in [3.05, 3.63) is 47.9 Å². The van der Waals surface area contributed by atoms with E-state index < -0.39 is 8.32 Å². The van der Waals surface area contributed by atoms with Crippen LogP contribution in [0.15, 0.2) is 46.0 Å². The lowest BCUT2D eigenvalue weighted by molar-refractivity contribution is 0.557. The van der Waals surface area contributed by atoms with Crippen LogP contribution in [-0.4, -0.2) is 14.5 Å². The predicted octanol–water partition coefficient (Wildman–Crippen LogP) is 4.55. The summed E-state index contributed by atoms with van der Waals surface area (Å²) < 4.78 is 11.3. The molecule has 2 aromatic rings. The minimum Gasteiger partial charge on any atom is -0.543 e. The summed E-state index contributed by atoms with van der Waals surface area (Å²) in [5.41, 5.74) is 2.01. The van der Waals surface area contributed by atoms with Crippen molar-refractivity contribution < 1.29 is 8.84 Å². The molecule has 0 spiro atoms. The van der Waals surface area contributed by atoms with Crippen molar-refractivity contribution in [3.63, 3.8) is 0 Å². The molecular formula is C15H19NO2Si. The highest BCUT2D eigenvalue weighted by Gasteiger charge is 2.18. The normalized spacial score (nSPS) is 12.0. The number of aliphatic imine (C=N–C) groups is 1. The third-order valence-electron chi connectivity index (χ3n) is 2.41. The fraction of sp³-hybridized carbons (Fsp3) is 0.267. The molecule has 0 radical (unpaired) electrons. The third kappa shape index (κ3) is 4.10. The van der Waals surface area contributed by atoms with Crippen LogP contribution in [0.3, 0.4) is 0 Å². The maximum absolute atomic E-state index is 6.08. The van der Waals surface area contributed by atoms with Gasteiger partial charge in [0.1, 0.15) is 17.2 Å². The zero-order chi connectivity index (χ0) is 13.9. The molecule has 2 rings (SSSR count). The van der Waals surface area contributed by atoms with E-state index in [0.717, 1.165) is 17.2 Å². The highest BCUT2D eigenvalue weighted by molar-refractivity contribution is 6.70. The summed E-state index contributed by atoms with van der Waals surface area (Å²) >= 11 is 0. The van der Waals surface area contributed by atoms with E-state index in [0.29, 0.717) is 0 Å². The smallest absolute Gasteiger partial charge is 0.242 e. The van der Waals surface area contributed by atoms with Crippen molar-refractivity contribution in [3.8, 4) is 5.75 Å². The lowest BCUT2D eigenvalue weighted by Crippen LogP contribution is -2.29. The molecule has 0 aliphatic heterocycles. The van der Waals surface area contributed by atoms with Crippen LogP contribution in [0.25, 0.3) is 0 Å². The summed E-state index contributed by atoms with van der Waals surface area (Å²) in [6.07, 6.45) is 3.34. The van der Waals surface area contributed by atoms with Gasteiger partial charge in [-0.15, -0.1) is 0 Å². The second kappa shape index (κ2) is 5.44. The Morgan fingerprint density at radius 3 is 2.58 bits per heavy atom. The van der Waals surface area contributed by atoms with Gasteiger partial charge in [-0.25, -0.2) is 4.99 Å². The SMILES string of the molecule is Cc1ccc(/N=C/c2ccco2)c(O[Si](C)(C)C)c1. The molecule has 0 aliphatic rings. The Kier molecular flexibility index (Phi) is 3.90. The van der Waals surface area contributed by atoms with Crippen LogP contribution in [0.5, 0.6) is 5.75 Å². The van der Waals surface area contributed by atoms with E-state index in [-0.39, 0.29) is 0 Å². The Hall–Kier alpha value is -1.81. The molecule has 1 heterocycles. The van der Waals surface area contributed by atoms with Gasteiger partial charge in [-0.1, -0.05) is 6.07 Å². The van der Waals surface area contributed by atoms with Crippen LogP contribution in [0.4, 0.5) is 5.69 Å². The summed E-state index contributed by atoms with van der Waals surface area (Å²) in [6, 6.07) is 9.76. The molecule has 0 fully saturated rings. The van der Waals surface area contributed by atoms with E-state index in [4.69, 9.17) is 8.84 Å². The third-order valence-corrected chi connectivity index (χ3v) is 3.24. The summed E-state index contributed by atoms with van der Waals surface area (Å²) in [6.45, 7) is 8.54. The fourth-order valence-electron chi connectivity index (χ4n) is 1.64. The van der Waals surface area contributed by atoms with Crippen molar-refractivity contribution in [1.82, 2.24) is 0 Å². The van der Waals surface area contributed by atoms with Gasteiger partial charge in [0, 0.05) is 0 Å². The van der Waals surface area contributed by atoms with Gasteiger partial charge in [0.05, 0.1) is 12.5 Å². The van der Waals surface area contributed by atoms with Crippen molar-refractivity contribution in [2.45, 2.75) is 26.6 Å². The molecule has 4 heteroatoms. The fourth-order valence-corrected chi connectivity index (χ4v) is 2.46. The first-order chi connectivity index (χ1) is 8.94. The van der Waals surface area contributed by atoms with Gasteiger partial charge in [0.15, 0.2) is 0 Å². The topological polar surface area (TPSA) is 34.7 Å². The molecule has 0 bridgehead atoms. The summed E-state index contributed by atoms with van der Waals surface area (Å²) in [4.78, 5) is 4.45. The molecule has 0 amide bonds. The number of hydrogen-bond acceptors (Lipinski definition) is 3. The van der Waals surface area contributed by atoms with Crippen LogP contribution in [-0.2, 0) is 0 Å². The van der Waals surface area contributed by atoms with Crippen molar-refractivity contribution in [1.29, 1.82) is 0 Å². The van der Waals surface area contributed by atoms with Gasteiger partial charge in [0.25, 0.3) is 0 Å². The molecule has 0 saturated carbocycles. The van der Waals surface area contributed by atoms with Crippen LogP contribution in [0, 0.1) is 6.92 Å². The summed E-state index contributed by atoms with van der Waals surface area (Å²) in [7, 11) is -1.64. The van der Waals surface area contributed by atoms with Gasteiger partial charge < -0.3 is 8.84 Å². The molecule has 0 saturated heterocycles. The van der Waals surface area contributed by atoms with E-state index in [2.05, 4.69) is 31.6 Å². The Morgan fingerprint density at radius 1 is 1.21 bits per heavy atom. The number of nitrogens with zero attached hydrogens (tertiary/aromatic N) is 1. The van der Waals surface area contributed by atoms with E-state index in [1.807, 2.05) is 30.3 Å². The molecule has 3 nitrogen and oxygen atoms in total. The van der Waals surface area contributed by atoms with Crippen LogP contribution < -0.4 is 4.43 Å². The Balaban J connectivity index is 2.29. The molecule has 0 unspecified atom stereocenters. The summed E-state index contributed by atoms with van der Waals surface area (Å²) in [5.74, 6) is 1.58. The van der Waals surface area contributed by atoms with E-state index in [1.54, 1.807) is 12.5 Å². The average Bonchev–Trinajstić information content (AvgIpc) is 2.78. The predicted molar refractivity (Wildman–Crippen MR) is 81.1 cm³/mol. The first-order valence-corrected chi connectivity index (χ1v) is 9.72. The number of rotatable bonds is 4. The summed E-state index contributed by atoms with van der Waals surface area (Å²) in [5, 5.41) is 0. The minimum atomic E-state index is -1.64. The molecule has 100 valence electrons. The first-order valence-electron chi connectivity index (χ1n) is 6.31. The number of aryl methyl sites for hydroxylation is 1. The van der Waals surface area contributed by atoms with E-state index >= 15 is 0 Å². The highest BCUT2D eigenvalue weighted by Crippen LogP contribution is 2.30. The van der Waals surface area contributed by atoms with E-state index in [1.165, 1.54) is 5.56 Å². The molecular weight excluding hydrogens is 254 g/mol. The Bertz CT molecular complexity index is 568. The first kappa shape index (κ1) is 13.6. The van der Waals surface area contributed by atoms with Crippen LogP contribution in [0.2, 0.25) is 19.6 Å². The van der Waals surface area contributed by atoms with Crippen LogP contribution in [0.1, 0.15) is 11.3 Å². The van der Waals surface area contributed by atoms with Crippen LogP contribution >= 0.6 is 0 Å². The second-order valence-corrected chi connectivity index (χ2v) is 9.89. The lowest BCUT2D eigenvalue weighted by atomic mass is 10.2. The molecule has 0 aliphatic carbocycles. The van der Waals surface area contributed by atoms with Gasteiger partial charge in [-0.2, -0.15) is 0 Å². The number of benzene rings is 1. The monoisotopic (exact) mass is 273 g/mol. The average molecular weight is 273 g/mol. The molecule has 0 N–H and O–H groups in total. The van der Waals surface area contributed by atoms with Gasteiger partial charge >= 0.3 is 0 Å². The lowest BCUT2D eigenvalue weighted by Gasteiger charge is -2.20. The van der Waals surface area contributed by atoms with Crippen molar-refractivity contribution in [2.75, 3.05) is 0 Å². The maximum atomic E-state index is 6.08. The Morgan fingerprint density at radius 2 is 2.00 bits per heavy atom. The van der Waals surface area contributed by atoms with Crippen molar-refractivity contribution >= 4 is 20.2 Å². The van der Waals surface area contributed by atoms with Gasteiger partial charge in [-0.3, -0.25) is 0 Å². The number of hydrogen-bond donors (Lipinski definition) is 0. The quantitative estimate of drug-likeness (QED) is 0.605. The number of furan rings is 1. The molecule has 1 aromatic carbocycles. The highest BCUT2D eigenvalue weighted by atomic mass is 28.4. The largest absolute Gasteiger partial charge is 0.543 e. The van der Waals surface area contributed by atoms with Gasteiger partial charge in [-0.05, 0) is 56.4 Å². The minimum absolute atomic E-state index is 0.736. The molecule has 0 atom stereocenters. The second-order valence-electron chi connectivity index (χ2n) is 5.46. The maximum Gasteiger partial charge on any atom is 0.242 e. The van der Waals surface area contributed by atoms with Gasteiger partial charge in [0.2, 0.25) is 8.32 Å². The van der Waals surface area contributed by atoms with Crippen molar-refractivity contribution in [2.24, 2.45) is 4.99 Å². The van der Waals surface area contributed by atoms with E-state index in [9.17, 15) is 0 Å². The standard InChI is InChI=1S/C15H19NO2Si/c1-12-7-8-14(15(10-12)18-19(2,3)4)16-11-13-6-5-9-17-13/h5-11H,1-4H3/b16-11+. The zero-order valence-electron chi connectivity index (χ0n) is 11.8. The molecule has 1 aromatic heterocycles. The zero-order valence-corrected chi connectivity index (χ0v) is 12.8.